The third-order valence-electron chi connectivity index (χ3n) is 3.95. The van der Waals surface area contributed by atoms with Gasteiger partial charge in [0.2, 0.25) is 11.8 Å². The number of halogens is 1. The Morgan fingerprint density at radius 1 is 1.33 bits per heavy atom. The highest BCUT2D eigenvalue weighted by molar-refractivity contribution is 9.10. The van der Waals surface area contributed by atoms with E-state index in [2.05, 4.69) is 26.6 Å². The summed E-state index contributed by atoms with van der Waals surface area (Å²) in [6.07, 6.45) is 2.16. The fourth-order valence-corrected chi connectivity index (χ4v) is 3.05. The Balaban J connectivity index is 1.83. The highest BCUT2D eigenvalue weighted by Crippen LogP contribution is 2.12. The molecule has 1 aromatic carbocycles. The standard InChI is InChI=1S/C17H22BrN3O3/c1-2-15(22)20-14-7-4-8-21(11-14)16(23)10-19-17(24)12-5-3-6-13(18)9-12/h3,5-6,9,14H,2,4,7-8,10-11H2,1H3,(H,19,24)(H,20,22). The van der Waals surface area contributed by atoms with Crippen molar-refractivity contribution in [2.45, 2.75) is 32.2 Å². The summed E-state index contributed by atoms with van der Waals surface area (Å²) in [6.45, 7) is 2.92. The number of carbonyl (C=O) groups excluding carboxylic acids is 3. The van der Waals surface area contributed by atoms with Crippen molar-refractivity contribution in [3.05, 3.63) is 34.3 Å². The Bertz CT molecular complexity index is 621. The monoisotopic (exact) mass is 395 g/mol. The van der Waals surface area contributed by atoms with Crippen molar-refractivity contribution in [1.82, 2.24) is 15.5 Å². The zero-order valence-corrected chi connectivity index (χ0v) is 15.3. The molecule has 7 heteroatoms. The van der Waals surface area contributed by atoms with Gasteiger partial charge in [-0.25, -0.2) is 0 Å². The minimum absolute atomic E-state index is 0.00254. The maximum Gasteiger partial charge on any atom is 0.251 e. The molecule has 2 rings (SSSR count). The molecule has 0 aromatic heterocycles. The minimum Gasteiger partial charge on any atom is -0.352 e. The van der Waals surface area contributed by atoms with Crippen LogP contribution in [0.25, 0.3) is 0 Å². The maximum atomic E-state index is 12.3. The number of rotatable bonds is 5. The summed E-state index contributed by atoms with van der Waals surface area (Å²) in [4.78, 5) is 37.5. The average molecular weight is 396 g/mol. The van der Waals surface area contributed by atoms with Gasteiger partial charge >= 0.3 is 0 Å². The summed E-state index contributed by atoms with van der Waals surface area (Å²) in [6, 6.07) is 7.00. The summed E-state index contributed by atoms with van der Waals surface area (Å²) in [5.74, 6) is -0.413. The molecule has 0 aliphatic carbocycles. The van der Waals surface area contributed by atoms with Crippen LogP contribution in [0.4, 0.5) is 0 Å². The molecule has 24 heavy (non-hydrogen) atoms. The van der Waals surface area contributed by atoms with Crippen LogP contribution in [0.2, 0.25) is 0 Å². The molecule has 0 bridgehead atoms. The molecule has 0 spiro atoms. The Kier molecular flexibility index (Phi) is 6.78. The summed E-state index contributed by atoms with van der Waals surface area (Å²) < 4.78 is 0.812. The van der Waals surface area contributed by atoms with Crippen LogP contribution < -0.4 is 10.6 Å². The fraction of sp³-hybridized carbons (Fsp3) is 0.471. The molecule has 1 heterocycles. The van der Waals surface area contributed by atoms with Crippen molar-refractivity contribution in [1.29, 1.82) is 0 Å². The largest absolute Gasteiger partial charge is 0.352 e. The number of benzene rings is 1. The SMILES string of the molecule is CCC(=O)NC1CCCN(C(=O)CNC(=O)c2cccc(Br)c2)C1. The lowest BCUT2D eigenvalue weighted by atomic mass is 10.1. The molecule has 1 aliphatic rings. The molecule has 0 saturated carbocycles. The molecule has 130 valence electrons. The third-order valence-corrected chi connectivity index (χ3v) is 4.44. The molecule has 1 saturated heterocycles. The second-order valence-electron chi connectivity index (χ2n) is 5.79. The predicted octanol–water partition coefficient (Wildman–Crippen LogP) is 1.70. The van der Waals surface area contributed by atoms with Gasteiger partial charge in [-0.05, 0) is 31.0 Å². The van der Waals surface area contributed by atoms with Gasteiger partial charge in [-0.1, -0.05) is 28.9 Å². The second kappa shape index (κ2) is 8.82. The van der Waals surface area contributed by atoms with Crippen LogP contribution in [0.1, 0.15) is 36.5 Å². The zero-order valence-electron chi connectivity index (χ0n) is 13.7. The van der Waals surface area contributed by atoms with Gasteiger partial charge in [-0.15, -0.1) is 0 Å². The van der Waals surface area contributed by atoms with E-state index in [9.17, 15) is 14.4 Å². The van der Waals surface area contributed by atoms with Crippen molar-refractivity contribution in [2.75, 3.05) is 19.6 Å². The molecular weight excluding hydrogens is 374 g/mol. The number of nitrogens with zero attached hydrogens (tertiary/aromatic N) is 1. The van der Waals surface area contributed by atoms with E-state index in [1.54, 1.807) is 30.0 Å². The topological polar surface area (TPSA) is 78.5 Å². The van der Waals surface area contributed by atoms with Gasteiger partial charge in [-0.2, -0.15) is 0 Å². The van der Waals surface area contributed by atoms with Crippen LogP contribution in [0.3, 0.4) is 0 Å². The second-order valence-corrected chi connectivity index (χ2v) is 6.71. The number of carbonyl (C=O) groups is 3. The van der Waals surface area contributed by atoms with Crippen molar-refractivity contribution in [3.8, 4) is 0 Å². The molecule has 1 aliphatic heterocycles. The van der Waals surface area contributed by atoms with E-state index in [-0.39, 0.29) is 30.3 Å². The van der Waals surface area contributed by atoms with Gasteiger partial charge in [0, 0.05) is 35.6 Å². The Hall–Kier alpha value is -1.89. The third kappa shape index (κ3) is 5.33. The molecule has 1 aromatic rings. The molecule has 3 amide bonds. The van der Waals surface area contributed by atoms with Crippen LogP contribution in [0.5, 0.6) is 0 Å². The van der Waals surface area contributed by atoms with E-state index in [4.69, 9.17) is 0 Å². The molecule has 0 radical (unpaired) electrons. The van der Waals surface area contributed by atoms with Crippen LogP contribution in [-0.4, -0.2) is 48.3 Å². The maximum absolute atomic E-state index is 12.3. The summed E-state index contributed by atoms with van der Waals surface area (Å²) in [7, 11) is 0. The number of amides is 3. The van der Waals surface area contributed by atoms with E-state index in [0.29, 0.717) is 25.1 Å². The number of hydrogen-bond donors (Lipinski definition) is 2. The minimum atomic E-state index is -0.280. The van der Waals surface area contributed by atoms with Crippen molar-refractivity contribution in [3.63, 3.8) is 0 Å². The van der Waals surface area contributed by atoms with Crippen LogP contribution in [0.15, 0.2) is 28.7 Å². The molecule has 2 N–H and O–H groups in total. The number of likely N-dealkylation sites (tertiary alicyclic amines) is 1. The van der Waals surface area contributed by atoms with Gasteiger partial charge in [-0.3, -0.25) is 14.4 Å². The van der Waals surface area contributed by atoms with Crippen LogP contribution in [-0.2, 0) is 9.59 Å². The van der Waals surface area contributed by atoms with Crippen molar-refractivity contribution in [2.24, 2.45) is 0 Å². The quantitative estimate of drug-likeness (QED) is 0.795. The highest BCUT2D eigenvalue weighted by Gasteiger charge is 2.24. The smallest absolute Gasteiger partial charge is 0.251 e. The van der Waals surface area contributed by atoms with Crippen molar-refractivity contribution >= 4 is 33.7 Å². The van der Waals surface area contributed by atoms with Crippen molar-refractivity contribution < 1.29 is 14.4 Å². The van der Waals surface area contributed by atoms with Gasteiger partial charge in [0.15, 0.2) is 0 Å². The average Bonchev–Trinajstić information content (AvgIpc) is 2.59. The van der Waals surface area contributed by atoms with Gasteiger partial charge in [0.1, 0.15) is 0 Å². The van der Waals surface area contributed by atoms with E-state index < -0.39 is 0 Å². The number of hydrogen-bond acceptors (Lipinski definition) is 3. The van der Waals surface area contributed by atoms with Gasteiger partial charge < -0.3 is 15.5 Å². The summed E-state index contributed by atoms with van der Waals surface area (Å²) in [5, 5.41) is 5.58. The molecule has 6 nitrogen and oxygen atoms in total. The summed E-state index contributed by atoms with van der Waals surface area (Å²) in [5.41, 5.74) is 0.504. The lowest BCUT2D eigenvalue weighted by molar-refractivity contribution is -0.132. The first-order valence-electron chi connectivity index (χ1n) is 8.10. The number of piperidine rings is 1. The highest BCUT2D eigenvalue weighted by atomic mass is 79.9. The molecule has 1 fully saturated rings. The first-order valence-corrected chi connectivity index (χ1v) is 8.89. The first kappa shape index (κ1) is 18.4. The fourth-order valence-electron chi connectivity index (χ4n) is 2.65. The zero-order chi connectivity index (χ0) is 17.5. The van der Waals surface area contributed by atoms with Gasteiger partial charge in [0.25, 0.3) is 5.91 Å². The predicted molar refractivity (Wildman–Crippen MR) is 94.5 cm³/mol. The molecule has 1 unspecified atom stereocenters. The molecular formula is C17H22BrN3O3. The lowest BCUT2D eigenvalue weighted by Crippen LogP contribution is -2.51. The Morgan fingerprint density at radius 3 is 2.83 bits per heavy atom. The van der Waals surface area contributed by atoms with E-state index in [1.807, 2.05) is 6.07 Å². The van der Waals surface area contributed by atoms with Gasteiger partial charge in [0.05, 0.1) is 6.54 Å². The van der Waals surface area contributed by atoms with E-state index in [1.165, 1.54) is 0 Å². The Labute approximate surface area is 150 Å². The number of nitrogens with one attached hydrogen (secondary N) is 2. The van der Waals surface area contributed by atoms with Crippen LogP contribution in [0, 0.1) is 0 Å². The van der Waals surface area contributed by atoms with E-state index in [0.717, 1.165) is 17.3 Å². The van der Waals surface area contributed by atoms with Crippen LogP contribution >= 0.6 is 15.9 Å². The van der Waals surface area contributed by atoms with E-state index >= 15 is 0 Å². The summed E-state index contributed by atoms with van der Waals surface area (Å²) >= 11 is 3.32. The lowest BCUT2D eigenvalue weighted by Gasteiger charge is -2.33. The first-order chi connectivity index (χ1) is 11.5. The Morgan fingerprint density at radius 2 is 2.12 bits per heavy atom. The normalized spacial score (nSPS) is 17.2. The molecule has 1 atom stereocenters.